The molecule has 2 aliphatic heterocycles. The van der Waals surface area contributed by atoms with Gasteiger partial charge in [0.05, 0.1) is 23.9 Å². The summed E-state index contributed by atoms with van der Waals surface area (Å²) in [6, 6.07) is 4.74. The second-order valence-corrected chi connectivity index (χ2v) is 9.76. The molecular formula is C24H26Cl2FN5O2. The molecule has 3 unspecified atom stereocenters. The molecule has 1 spiro atoms. The van der Waals surface area contributed by atoms with Crippen molar-refractivity contribution in [2.24, 2.45) is 5.41 Å². The smallest absolute Gasteiger partial charge is 0.166 e. The molecule has 0 radical (unpaired) electrons. The van der Waals surface area contributed by atoms with E-state index in [9.17, 15) is 4.39 Å². The van der Waals surface area contributed by atoms with Crippen LogP contribution in [0.15, 0.2) is 36.8 Å². The highest BCUT2D eigenvalue weighted by atomic mass is 35.5. The van der Waals surface area contributed by atoms with E-state index in [-0.39, 0.29) is 22.3 Å². The van der Waals surface area contributed by atoms with Crippen LogP contribution in [0.4, 0.5) is 10.2 Å². The van der Waals surface area contributed by atoms with E-state index in [2.05, 4.69) is 20.1 Å². The van der Waals surface area contributed by atoms with E-state index in [1.54, 1.807) is 19.2 Å². The molecule has 2 fully saturated rings. The fourth-order valence-corrected chi connectivity index (χ4v) is 5.65. The molecule has 4 heterocycles. The van der Waals surface area contributed by atoms with Gasteiger partial charge in [-0.1, -0.05) is 23.2 Å². The van der Waals surface area contributed by atoms with E-state index in [0.29, 0.717) is 16.3 Å². The first-order valence-electron chi connectivity index (χ1n) is 11.3. The van der Waals surface area contributed by atoms with Crippen LogP contribution in [0.3, 0.4) is 0 Å². The number of nitrogens with one attached hydrogen (secondary N) is 1. The summed E-state index contributed by atoms with van der Waals surface area (Å²) in [6.07, 6.45) is 6.92. The third kappa shape index (κ3) is 4.24. The van der Waals surface area contributed by atoms with Gasteiger partial charge in [0.25, 0.3) is 0 Å². The van der Waals surface area contributed by atoms with Crippen molar-refractivity contribution in [1.82, 2.24) is 20.1 Å². The van der Waals surface area contributed by atoms with Gasteiger partial charge >= 0.3 is 0 Å². The Morgan fingerprint density at radius 2 is 2.18 bits per heavy atom. The number of aromatic nitrogens is 3. The number of benzene rings is 1. The van der Waals surface area contributed by atoms with Crippen LogP contribution in [-0.4, -0.2) is 41.1 Å². The van der Waals surface area contributed by atoms with Crippen LogP contribution < -0.4 is 15.8 Å². The van der Waals surface area contributed by atoms with Gasteiger partial charge in [0.15, 0.2) is 11.6 Å². The first kappa shape index (κ1) is 23.4. The standard InChI is InChI=1S/C24H26Cl2FN5O2/c1-14(21-17(25)2-3-18(27)22(21)26)34-19-8-15(9-30-23(19)28)16-10-31-32(11-16)20-4-6-29-12-24(20)5-7-33-13-24/h2-3,8-11,14,20,29H,4-7,12-13H2,1H3,(H2,28,30). The average molecular weight is 506 g/mol. The number of rotatable bonds is 5. The Bertz CT molecular complexity index is 1200. The van der Waals surface area contributed by atoms with Crippen LogP contribution >= 0.6 is 23.2 Å². The Balaban J connectivity index is 1.41. The number of anilines is 1. The summed E-state index contributed by atoms with van der Waals surface area (Å²) in [5.41, 5.74) is 8.22. The summed E-state index contributed by atoms with van der Waals surface area (Å²) in [4.78, 5) is 4.30. The minimum absolute atomic E-state index is 0.0636. The van der Waals surface area contributed by atoms with Crippen LogP contribution in [0.5, 0.6) is 5.75 Å². The van der Waals surface area contributed by atoms with Crippen LogP contribution in [0.25, 0.3) is 11.1 Å². The van der Waals surface area contributed by atoms with Gasteiger partial charge in [-0.2, -0.15) is 5.10 Å². The highest BCUT2D eigenvalue weighted by molar-refractivity contribution is 6.36. The Labute approximate surface area is 207 Å². The second kappa shape index (κ2) is 9.34. The minimum Gasteiger partial charge on any atom is -0.482 e. The lowest BCUT2D eigenvalue weighted by atomic mass is 9.76. The van der Waals surface area contributed by atoms with Gasteiger partial charge in [0.1, 0.15) is 11.9 Å². The molecule has 3 aromatic rings. The van der Waals surface area contributed by atoms with Gasteiger partial charge in [0, 0.05) is 52.7 Å². The predicted molar refractivity (Wildman–Crippen MR) is 130 cm³/mol. The first-order valence-corrected chi connectivity index (χ1v) is 12.0. The van der Waals surface area contributed by atoms with Crippen LogP contribution in [0.1, 0.15) is 37.5 Å². The molecule has 7 nitrogen and oxygen atoms in total. The number of hydrogen-bond acceptors (Lipinski definition) is 6. The van der Waals surface area contributed by atoms with E-state index in [1.807, 2.05) is 12.4 Å². The van der Waals surface area contributed by atoms with E-state index in [0.717, 1.165) is 50.3 Å². The number of nitrogens with zero attached hydrogens (tertiary/aromatic N) is 3. The molecule has 2 aliphatic rings. The molecule has 2 saturated heterocycles. The van der Waals surface area contributed by atoms with Crippen LogP contribution in [0, 0.1) is 11.2 Å². The van der Waals surface area contributed by atoms with Gasteiger partial charge < -0.3 is 20.5 Å². The molecule has 0 saturated carbocycles. The van der Waals surface area contributed by atoms with E-state index >= 15 is 0 Å². The number of pyridine rings is 1. The summed E-state index contributed by atoms with van der Waals surface area (Å²) >= 11 is 12.4. The molecule has 0 aliphatic carbocycles. The van der Waals surface area contributed by atoms with Gasteiger partial charge in [-0.25, -0.2) is 9.37 Å². The van der Waals surface area contributed by atoms with E-state index in [1.165, 1.54) is 12.1 Å². The number of nitrogen functional groups attached to an aromatic ring is 1. The topological polar surface area (TPSA) is 87.2 Å². The van der Waals surface area contributed by atoms with Crippen molar-refractivity contribution in [2.75, 3.05) is 32.0 Å². The highest BCUT2D eigenvalue weighted by Gasteiger charge is 2.45. The molecule has 1 aromatic carbocycles. The maximum atomic E-state index is 14.0. The SMILES string of the molecule is CC(Oc1cc(-c2cnn(C3CCNCC34CCOC4)c2)cnc1N)c1c(Cl)ccc(F)c1Cl. The molecule has 2 aromatic heterocycles. The number of nitrogens with two attached hydrogens (primary N) is 1. The molecule has 0 bridgehead atoms. The monoisotopic (exact) mass is 505 g/mol. The lowest BCUT2D eigenvalue weighted by Gasteiger charge is -2.40. The van der Waals surface area contributed by atoms with Gasteiger partial charge in [-0.3, -0.25) is 4.68 Å². The van der Waals surface area contributed by atoms with Gasteiger partial charge in [-0.05, 0) is 44.5 Å². The van der Waals surface area contributed by atoms with Crippen molar-refractivity contribution in [3.63, 3.8) is 0 Å². The lowest BCUT2D eigenvalue weighted by Crippen LogP contribution is -2.48. The molecule has 34 heavy (non-hydrogen) atoms. The number of piperidine rings is 1. The third-order valence-electron chi connectivity index (χ3n) is 6.84. The maximum absolute atomic E-state index is 14.0. The molecule has 10 heteroatoms. The van der Waals surface area contributed by atoms with E-state index in [4.69, 9.17) is 38.4 Å². The molecule has 3 atom stereocenters. The van der Waals surface area contributed by atoms with Crippen molar-refractivity contribution < 1.29 is 13.9 Å². The first-order chi connectivity index (χ1) is 16.4. The fourth-order valence-electron chi connectivity index (χ4n) is 4.97. The average Bonchev–Trinajstić information content (AvgIpc) is 3.49. The molecule has 3 N–H and O–H groups in total. The van der Waals surface area contributed by atoms with Crippen LogP contribution in [0.2, 0.25) is 10.0 Å². The summed E-state index contributed by atoms with van der Waals surface area (Å²) in [7, 11) is 0. The summed E-state index contributed by atoms with van der Waals surface area (Å²) in [5.74, 6) is 0.0100. The van der Waals surface area contributed by atoms with Crippen molar-refractivity contribution in [1.29, 1.82) is 0 Å². The molecule has 5 rings (SSSR count). The summed E-state index contributed by atoms with van der Waals surface area (Å²) in [5, 5.41) is 8.44. The second-order valence-electron chi connectivity index (χ2n) is 8.98. The zero-order chi connectivity index (χ0) is 23.9. The van der Waals surface area contributed by atoms with Crippen LogP contribution in [-0.2, 0) is 4.74 Å². The Kier molecular flexibility index (Phi) is 6.41. The van der Waals surface area contributed by atoms with Gasteiger partial charge in [0.2, 0.25) is 0 Å². The Morgan fingerprint density at radius 3 is 2.97 bits per heavy atom. The van der Waals surface area contributed by atoms with E-state index < -0.39 is 11.9 Å². The Morgan fingerprint density at radius 1 is 1.32 bits per heavy atom. The normalized spacial score (nSPS) is 23.4. The fraction of sp³-hybridized carbons (Fsp3) is 0.417. The maximum Gasteiger partial charge on any atom is 0.166 e. The molecular weight excluding hydrogens is 480 g/mol. The zero-order valence-corrected chi connectivity index (χ0v) is 20.2. The number of halogens is 3. The van der Waals surface area contributed by atoms with Crippen molar-refractivity contribution in [2.45, 2.75) is 31.9 Å². The Hall–Kier alpha value is -2.39. The largest absolute Gasteiger partial charge is 0.482 e. The van der Waals surface area contributed by atoms with Crippen molar-refractivity contribution in [3.05, 3.63) is 58.2 Å². The number of ether oxygens (including phenoxy) is 2. The zero-order valence-electron chi connectivity index (χ0n) is 18.7. The quantitative estimate of drug-likeness (QED) is 0.471. The molecule has 0 amide bonds. The van der Waals surface area contributed by atoms with Gasteiger partial charge in [-0.15, -0.1) is 0 Å². The number of hydrogen-bond donors (Lipinski definition) is 2. The summed E-state index contributed by atoms with van der Waals surface area (Å²) in [6.45, 7) is 5.14. The highest BCUT2D eigenvalue weighted by Crippen LogP contribution is 2.43. The summed E-state index contributed by atoms with van der Waals surface area (Å²) < 4.78 is 27.8. The third-order valence-corrected chi connectivity index (χ3v) is 7.55. The molecule has 180 valence electrons. The van der Waals surface area contributed by atoms with Crippen molar-refractivity contribution in [3.8, 4) is 16.9 Å². The lowest BCUT2D eigenvalue weighted by molar-refractivity contribution is 0.0788. The predicted octanol–water partition coefficient (Wildman–Crippen LogP) is 5.05. The minimum atomic E-state index is -0.644. The van der Waals surface area contributed by atoms with Crippen molar-refractivity contribution >= 4 is 29.0 Å².